The highest BCUT2D eigenvalue weighted by molar-refractivity contribution is 8.11. The largest absolute Gasteiger partial charge is 0.368 e. The molecule has 0 heterocycles. The lowest BCUT2D eigenvalue weighted by Crippen LogP contribution is -2.17. The molecule has 0 aromatic heterocycles. The summed E-state index contributed by atoms with van der Waals surface area (Å²) in [5, 5.41) is 5.27. The topological polar surface area (TPSA) is 41.1 Å². The SMILES string of the molecule is CC(=O)NC=CCNC(=S)S. The molecule has 0 aromatic rings. The first kappa shape index (κ1) is 10.4. The van der Waals surface area contributed by atoms with Crippen LogP contribution in [0.15, 0.2) is 12.3 Å². The number of carbonyl (C=O) groups excluding carboxylic acids is 1. The number of carbonyl (C=O) groups is 1. The summed E-state index contributed by atoms with van der Waals surface area (Å²) < 4.78 is 0.442. The second-order valence-corrected chi connectivity index (χ2v) is 2.95. The molecule has 0 bridgehead atoms. The summed E-state index contributed by atoms with van der Waals surface area (Å²) in [6.07, 6.45) is 3.30. The van der Waals surface area contributed by atoms with Gasteiger partial charge in [0, 0.05) is 19.7 Å². The predicted molar refractivity (Wildman–Crippen MR) is 52.5 cm³/mol. The van der Waals surface area contributed by atoms with E-state index in [0.29, 0.717) is 10.9 Å². The fourth-order valence-corrected chi connectivity index (χ4v) is 0.556. The van der Waals surface area contributed by atoms with Crippen LogP contribution in [0.3, 0.4) is 0 Å². The Hall–Kier alpha value is -0.550. The van der Waals surface area contributed by atoms with Crippen molar-refractivity contribution in [3.05, 3.63) is 12.3 Å². The molecule has 0 saturated heterocycles. The summed E-state index contributed by atoms with van der Waals surface area (Å²) in [4.78, 5) is 10.3. The van der Waals surface area contributed by atoms with Gasteiger partial charge >= 0.3 is 0 Å². The standard InChI is InChI=1S/C6H10N2OS2/c1-5(9)7-3-2-4-8-6(10)11/h2-3H,4H2,1H3,(H,7,9)(H2,8,10,11). The first-order chi connectivity index (χ1) is 5.13. The van der Waals surface area contributed by atoms with Crippen LogP contribution in [0.2, 0.25) is 0 Å². The molecule has 0 aromatic carbocycles. The van der Waals surface area contributed by atoms with Crippen LogP contribution in [0, 0.1) is 0 Å². The minimum atomic E-state index is -0.0882. The van der Waals surface area contributed by atoms with Gasteiger partial charge in [-0.25, -0.2) is 0 Å². The van der Waals surface area contributed by atoms with E-state index < -0.39 is 0 Å². The Morgan fingerprint density at radius 2 is 2.36 bits per heavy atom. The second kappa shape index (κ2) is 6.18. The van der Waals surface area contributed by atoms with E-state index in [1.165, 1.54) is 6.92 Å². The monoisotopic (exact) mass is 190 g/mol. The zero-order chi connectivity index (χ0) is 8.69. The highest BCUT2D eigenvalue weighted by Crippen LogP contribution is 1.76. The molecule has 0 radical (unpaired) electrons. The molecule has 3 nitrogen and oxygen atoms in total. The van der Waals surface area contributed by atoms with Crippen LogP contribution < -0.4 is 10.6 Å². The van der Waals surface area contributed by atoms with E-state index in [-0.39, 0.29) is 5.91 Å². The van der Waals surface area contributed by atoms with Crippen LogP contribution in [0.4, 0.5) is 0 Å². The average Bonchev–Trinajstić information content (AvgIpc) is 1.85. The average molecular weight is 190 g/mol. The molecule has 0 unspecified atom stereocenters. The van der Waals surface area contributed by atoms with E-state index in [9.17, 15) is 4.79 Å². The first-order valence-electron chi connectivity index (χ1n) is 3.02. The van der Waals surface area contributed by atoms with Crippen molar-refractivity contribution in [3.63, 3.8) is 0 Å². The summed E-state index contributed by atoms with van der Waals surface area (Å²) in [6.45, 7) is 2.02. The van der Waals surface area contributed by atoms with Crippen molar-refractivity contribution < 1.29 is 4.79 Å². The number of amides is 1. The van der Waals surface area contributed by atoms with Gasteiger partial charge in [-0.2, -0.15) is 0 Å². The Balaban J connectivity index is 3.30. The maximum absolute atomic E-state index is 10.3. The Bertz CT molecular complexity index is 179. The van der Waals surface area contributed by atoms with Gasteiger partial charge in [0.15, 0.2) is 0 Å². The van der Waals surface area contributed by atoms with E-state index in [2.05, 4.69) is 35.5 Å². The number of hydrogen-bond donors (Lipinski definition) is 3. The van der Waals surface area contributed by atoms with Gasteiger partial charge in [0.1, 0.15) is 4.32 Å². The summed E-state index contributed by atoms with van der Waals surface area (Å²) in [5.41, 5.74) is 0. The highest BCUT2D eigenvalue weighted by atomic mass is 32.1. The van der Waals surface area contributed by atoms with Crippen LogP contribution in [-0.4, -0.2) is 16.8 Å². The van der Waals surface area contributed by atoms with Crippen molar-refractivity contribution in [1.29, 1.82) is 0 Å². The first-order valence-corrected chi connectivity index (χ1v) is 3.87. The van der Waals surface area contributed by atoms with Gasteiger partial charge in [-0.1, -0.05) is 12.2 Å². The van der Waals surface area contributed by atoms with Crippen LogP contribution in [0.1, 0.15) is 6.92 Å². The lowest BCUT2D eigenvalue weighted by Gasteiger charge is -1.96. The Morgan fingerprint density at radius 1 is 1.73 bits per heavy atom. The van der Waals surface area contributed by atoms with Gasteiger partial charge in [-0.15, -0.1) is 12.6 Å². The number of thiol groups is 1. The van der Waals surface area contributed by atoms with Crippen LogP contribution in [-0.2, 0) is 4.79 Å². The third-order valence-corrected chi connectivity index (χ3v) is 1.08. The zero-order valence-corrected chi connectivity index (χ0v) is 7.84. The molecule has 0 atom stereocenters. The minimum absolute atomic E-state index is 0.0882. The molecule has 0 aliphatic carbocycles. The number of thiocarbonyl (C=S) groups is 1. The predicted octanol–water partition coefficient (Wildman–Crippen LogP) is 0.440. The van der Waals surface area contributed by atoms with Crippen molar-refractivity contribution >= 4 is 35.1 Å². The highest BCUT2D eigenvalue weighted by Gasteiger charge is 1.83. The van der Waals surface area contributed by atoms with Crippen molar-refractivity contribution in [3.8, 4) is 0 Å². The molecule has 5 heteroatoms. The fourth-order valence-electron chi connectivity index (χ4n) is 0.381. The van der Waals surface area contributed by atoms with E-state index in [0.717, 1.165) is 0 Å². The molecule has 1 amide bonds. The molecule has 0 fully saturated rings. The van der Waals surface area contributed by atoms with Crippen molar-refractivity contribution in [2.24, 2.45) is 0 Å². The van der Waals surface area contributed by atoms with Gasteiger partial charge in [-0.05, 0) is 6.08 Å². The molecule has 11 heavy (non-hydrogen) atoms. The van der Waals surface area contributed by atoms with Crippen molar-refractivity contribution in [2.45, 2.75) is 6.92 Å². The maximum atomic E-state index is 10.3. The second-order valence-electron chi connectivity index (χ2n) is 1.79. The van der Waals surface area contributed by atoms with Crippen LogP contribution >= 0.6 is 24.8 Å². The molecule has 62 valence electrons. The summed E-state index contributed by atoms with van der Waals surface area (Å²) >= 11 is 8.47. The third-order valence-electron chi connectivity index (χ3n) is 0.776. The summed E-state index contributed by atoms with van der Waals surface area (Å²) in [6, 6.07) is 0. The molecule has 0 aliphatic heterocycles. The van der Waals surface area contributed by atoms with E-state index in [1.807, 2.05) is 0 Å². The van der Waals surface area contributed by atoms with Crippen LogP contribution in [0.25, 0.3) is 0 Å². The van der Waals surface area contributed by atoms with E-state index >= 15 is 0 Å². The Morgan fingerprint density at radius 3 is 2.82 bits per heavy atom. The Labute approximate surface area is 76.6 Å². The molecular weight excluding hydrogens is 180 g/mol. The zero-order valence-electron chi connectivity index (χ0n) is 6.13. The van der Waals surface area contributed by atoms with Gasteiger partial charge in [-0.3, -0.25) is 4.79 Å². The Kier molecular flexibility index (Phi) is 5.87. The molecule has 0 spiro atoms. The maximum Gasteiger partial charge on any atom is 0.220 e. The number of rotatable bonds is 3. The molecule has 2 N–H and O–H groups in total. The van der Waals surface area contributed by atoms with Crippen molar-refractivity contribution in [2.75, 3.05) is 6.54 Å². The third kappa shape index (κ3) is 9.45. The van der Waals surface area contributed by atoms with Gasteiger partial charge in [0.2, 0.25) is 5.91 Å². The smallest absolute Gasteiger partial charge is 0.220 e. The van der Waals surface area contributed by atoms with E-state index in [1.54, 1.807) is 12.3 Å². The number of nitrogens with one attached hydrogen (secondary N) is 2. The fraction of sp³-hybridized carbons (Fsp3) is 0.333. The van der Waals surface area contributed by atoms with Gasteiger partial charge in [0.25, 0.3) is 0 Å². The molecule has 0 aliphatic rings. The van der Waals surface area contributed by atoms with Crippen molar-refractivity contribution in [1.82, 2.24) is 10.6 Å². The number of hydrogen-bond acceptors (Lipinski definition) is 2. The van der Waals surface area contributed by atoms with E-state index in [4.69, 9.17) is 0 Å². The normalized spacial score (nSPS) is 9.64. The quantitative estimate of drug-likeness (QED) is 0.447. The molecule has 0 saturated carbocycles. The van der Waals surface area contributed by atoms with Gasteiger partial charge < -0.3 is 10.6 Å². The summed E-state index contributed by atoms with van der Waals surface area (Å²) in [5.74, 6) is -0.0882. The minimum Gasteiger partial charge on any atom is -0.368 e. The van der Waals surface area contributed by atoms with Gasteiger partial charge in [0.05, 0.1) is 0 Å². The van der Waals surface area contributed by atoms with Crippen LogP contribution in [0.5, 0.6) is 0 Å². The lowest BCUT2D eigenvalue weighted by atomic mass is 10.6. The molecular formula is C6H10N2OS2. The summed E-state index contributed by atoms with van der Waals surface area (Å²) in [7, 11) is 0. The lowest BCUT2D eigenvalue weighted by molar-refractivity contribution is -0.118. The molecule has 0 rings (SSSR count).